The third-order valence-electron chi connectivity index (χ3n) is 1.76. The number of alkyl halides is 3. The third kappa shape index (κ3) is 7.83. The predicted molar refractivity (Wildman–Crippen MR) is 46.4 cm³/mol. The molecule has 0 fully saturated rings. The highest BCUT2D eigenvalue weighted by Gasteiger charge is 2.26. The van der Waals surface area contributed by atoms with Crippen molar-refractivity contribution in [3.05, 3.63) is 0 Å². The molecular formula is C8H14F3N3. The molecule has 14 heavy (non-hydrogen) atoms. The Kier molecular flexibility index (Phi) is 5.50. The molecule has 82 valence electrons. The maximum Gasteiger partial charge on any atom is 0.390 e. The van der Waals surface area contributed by atoms with Crippen molar-refractivity contribution in [1.82, 2.24) is 4.90 Å². The summed E-state index contributed by atoms with van der Waals surface area (Å²) in [7, 11) is 1.58. The molecule has 1 unspecified atom stereocenters. The van der Waals surface area contributed by atoms with E-state index in [0.717, 1.165) is 0 Å². The molecule has 0 aromatic carbocycles. The second kappa shape index (κ2) is 5.83. The monoisotopic (exact) mass is 209 g/mol. The Bertz CT molecular complexity index is 197. The number of nitrogens with two attached hydrogens (primary N) is 1. The molecule has 6 heteroatoms. The van der Waals surface area contributed by atoms with E-state index in [4.69, 9.17) is 11.0 Å². The van der Waals surface area contributed by atoms with Gasteiger partial charge in [-0.05, 0) is 13.5 Å². The first-order valence-electron chi connectivity index (χ1n) is 4.25. The number of hydrogen-bond acceptors (Lipinski definition) is 3. The van der Waals surface area contributed by atoms with Gasteiger partial charge in [0.15, 0.2) is 0 Å². The first kappa shape index (κ1) is 13.2. The van der Waals surface area contributed by atoms with Crippen LogP contribution in [0.2, 0.25) is 0 Å². The molecule has 1 atom stereocenters. The Morgan fingerprint density at radius 3 is 2.43 bits per heavy atom. The maximum atomic E-state index is 11.8. The Balaban J connectivity index is 3.57. The van der Waals surface area contributed by atoms with E-state index in [-0.39, 0.29) is 6.54 Å². The second-order valence-corrected chi connectivity index (χ2v) is 3.19. The van der Waals surface area contributed by atoms with Crippen LogP contribution in [0.25, 0.3) is 0 Å². The van der Waals surface area contributed by atoms with Crippen LogP contribution in [0.15, 0.2) is 0 Å². The van der Waals surface area contributed by atoms with Crippen LogP contribution in [-0.4, -0.2) is 37.3 Å². The van der Waals surface area contributed by atoms with E-state index < -0.39 is 18.6 Å². The van der Waals surface area contributed by atoms with Gasteiger partial charge in [0.1, 0.15) is 0 Å². The molecule has 0 aromatic rings. The standard InChI is InChI=1S/C8H14F3N3/c1-14(4-2-7(13)6-12)5-3-8(9,10)11/h7H,2-5,13H2,1H3. The largest absolute Gasteiger partial charge is 0.390 e. The van der Waals surface area contributed by atoms with Gasteiger partial charge in [-0.25, -0.2) is 0 Å². The SMILES string of the molecule is CN(CCC(N)C#N)CCC(F)(F)F. The van der Waals surface area contributed by atoms with Gasteiger partial charge >= 0.3 is 6.18 Å². The van der Waals surface area contributed by atoms with Crippen molar-refractivity contribution in [3.63, 3.8) is 0 Å². The van der Waals surface area contributed by atoms with Crippen LogP contribution in [0.1, 0.15) is 12.8 Å². The van der Waals surface area contributed by atoms with Crippen molar-refractivity contribution in [2.45, 2.75) is 25.1 Å². The second-order valence-electron chi connectivity index (χ2n) is 3.19. The first-order valence-corrected chi connectivity index (χ1v) is 4.25. The first-order chi connectivity index (χ1) is 6.35. The van der Waals surface area contributed by atoms with Crippen LogP contribution < -0.4 is 5.73 Å². The Labute approximate surface area is 81.3 Å². The summed E-state index contributed by atoms with van der Waals surface area (Å²) in [5.41, 5.74) is 5.29. The van der Waals surface area contributed by atoms with Crippen molar-refractivity contribution >= 4 is 0 Å². The van der Waals surface area contributed by atoms with Gasteiger partial charge in [-0.3, -0.25) is 0 Å². The molecule has 0 bridgehead atoms. The Hall–Kier alpha value is -0.800. The van der Waals surface area contributed by atoms with Gasteiger partial charge in [-0.15, -0.1) is 0 Å². The van der Waals surface area contributed by atoms with Crippen molar-refractivity contribution < 1.29 is 13.2 Å². The fraction of sp³-hybridized carbons (Fsp3) is 0.875. The Morgan fingerprint density at radius 1 is 1.43 bits per heavy atom. The van der Waals surface area contributed by atoms with E-state index in [1.165, 1.54) is 4.90 Å². The minimum atomic E-state index is -4.12. The van der Waals surface area contributed by atoms with Gasteiger partial charge in [0, 0.05) is 13.1 Å². The van der Waals surface area contributed by atoms with Gasteiger partial charge in [-0.2, -0.15) is 18.4 Å². The topological polar surface area (TPSA) is 53.0 Å². The highest BCUT2D eigenvalue weighted by atomic mass is 19.4. The number of nitriles is 1. The van der Waals surface area contributed by atoms with Gasteiger partial charge in [-0.1, -0.05) is 0 Å². The average molecular weight is 209 g/mol. The Morgan fingerprint density at radius 2 is 2.00 bits per heavy atom. The summed E-state index contributed by atoms with van der Waals surface area (Å²) in [6, 6.07) is 1.23. The molecule has 0 rings (SSSR count). The van der Waals surface area contributed by atoms with Crippen molar-refractivity contribution in [3.8, 4) is 6.07 Å². The zero-order valence-corrected chi connectivity index (χ0v) is 8.01. The summed E-state index contributed by atoms with van der Waals surface area (Å²) in [5, 5.41) is 8.33. The number of rotatable bonds is 5. The lowest BCUT2D eigenvalue weighted by atomic mass is 10.2. The van der Waals surface area contributed by atoms with Crippen LogP contribution in [0, 0.1) is 11.3 Å². The van der Waals surface area contributed by atoms with E-state index in [0.29, 0.717) is 13.0 Å². The van der Waals surface area contributed by atoms with Crippen LogP contribution >= 0.6 is 0 Å². The fourth-order valence-corrected chi connectivity index (χ4v) is 0.853. The molecule has 0 aliphatic heterocycles. The molecule has 0 spiro atoms. The average Bonchev–Trinajstić information content (AvgIpc) is 2.09. The smallest absolute Gasteiger partial charge is 0.316 e. The summed E-state index contributed by atoms with van der Waals surface area (Å²) >= 11 is 0. The number of halogens is 3. The van der Waals surface area contributed by atoms with E-state index in [1.54, 1.807) is 7.05 Å². The van der Waals surface area contributed by atoms with Gasteiger partial charge < -0.3 is 10.6 Å². The molecule has 0 aromatic heterocycles. The maximum absolute atomic E-state index is 11.8. The highest BCUT2D eigenvalue weighted by molar-refractivity contribution is 4.86. The highest BCUT2D eigenvalue weighted by Crippen LogP contribution is 2.19. The molecule has 0 saturated carbocycles. The van der Waals surface area contributed by atoms with Crippen LogP contribution in [-0.2, 0) is 0 Å². The molecule has 3 nitrogen and oxygen atoms in total. The minimum absolute atomic E-state index is 0.0539. The van der Waals surface area contributed by atoms with E-state index in [1.807, 2.05) is 6.07 Å². The summed E-state index contributed by atoms with van der Waals surface area (Å²) in [4.78, 5) is 1.52. The lowest BCUT2D eigenvalue weighted by molar-refractivity contribution is -0.137. The predicted octanol–water partition coefficient (Wildman–Crippen LogP) is 1.11. The van der Waals surface area contributed by atoms with Crippen molar-refractivity contribution in [2.24, 2.45) is 5.73 Å². The number of nitrogens with zero attached hydrogens (tertiary/aromatic N) is 2. The minimum Gasteiger partial charge on any atom is -0.316 e. The lowest BCUT2D eigenvalue weighted by Gasteiger charge is -2.17. The van der Waals surface area contributed by atoms with E-state index in [9.17, 15) is 13.2 Å². The van der Waals surface area contributed by atoms with E-state index >= 15 is 0 Å². The molecule has 0 aliphatic rings. The number of hydrogen-bond donors (Lipinski definition) is 1. The van der Waals surface area contributed by atoms with Gasteiger partial charge in [0.05, 0.1) is 18.5 Å². The molecule has 0 saturated heterocycles. The fourth-order valence-electron chi connectivity index (χ4n) is 0.853. The normalized spacial score (nSPS) is 14.1. The summed E-state index contributed by atoms with van der Waals surface area (Å²) in [5.74, 6) is 0. The van der Waals surface area contributed by atoms with E-state index in [2.05, 4.69) is 0 Å². The van der Waals surface area contributed by atoms with Crippen LogP contribution in [0.3, 0.4) is 0 Å². The van der Waals surface area contributed by atoms with Gasteiger partial charge in [0.25, 0.3) is 0 Å². The lowest BCUT2D eigenvalue weighted by Crippen LogP contribution is -2.29. The zero-order chi connectivity index (χ0) is 11.2. The van der Waals surface area contributed by atoms with Crippen molar-refractivity contribution in [2.75, 3.05) is 20.1 Å². The van der Waals surface area contributed by atoms with Crippen molar-refractivity contribution in [1.29, 1.82) is 5.26 Å². The summed E-state index contributed by atoms with van der Waals surface area (Å²) in [6.45, 7) is 0.354. The third-order valence-corrected chi connectivity index (χ3v) is 1.76. The molecular weight excluding hydrogens is 195 g/mol. The van der Waals surface area contributed by atoms with Gasteiger partial charge in [0.2, 0.25) is 0 Å². The molecule has 2 N–H and O–H groups in total. The molecule has 0 amide bonds. The van der Waals surface area contributed by atoms with Crippen LogP contribution in [0.5, 0.6) is 0 Å². The quantitative estimate of drug-likeness (QED) is 0.738. The molecule has 0 aliphatic carbocycles. The molecule has 0 heterocycles. The van der Waals surface area contributed by atoms with Crippen LogP contribution in [0.4, 0.5) is 13.2 Å². The summed E-state index contributed by atoms with van der Waals surface area (Å²) < 4.78 is 35.3. The zero-order valence-electron chi connectivity index (χ0n) is 8.01. The summed E-state index contributed by atoms with van der Waals surface area (Å²) in [6.07, 6.45) is -4.55. The molecule has 0 radical (unpaired) electrons.